The van der Waals surface area contributed by atoms with E-state index in [4.69, 9.17) is 5.11 Å². The van der Waals surface area contributed by atoms with Gasteiger partial charge in [-0.3, -0.25) is 9.59 Å². The van der Waals surface area contributed by atoms with E-state index in [0.29, 0.717) is 18.4 Å². The Morgan fingerprint density at radius 1 is 1.30 bits per heavy atom. The first-order chi connectivity index (χ1) is 9.52. The van der Waals surface area contributed by atoms with Crippen LogP contribution in [0.3, 0.4) is 0 Å². The van der Waals surface area contributed by atoms with Gasteiger partial charge in [-0.1, -0.05) is 18.6 Å². The van der Waals surface area contributed by atoms with Crippen LogP contribution in [0, 0.1) is 11.2 Å². The van der Waals surface area contributed by atoms with Crippen LogP contribution in [0.5, 0.6) is 0 Å². The maximum atomic E-state index is 12.7. The third-order valence-corrected chi connectivity index (χ3v) is 3.66. The second-order valence-corrected chi connectivity index (χ2v) is 5.04. The lowest BCUT2D eigenvalue weighted by atomic mass is 9.69. The number of aliphatic carboxylic acids is 1. The fourth-order valence-corrected chi connectivity index (χ4v) is 2.13. The third-order valence-electron chi connectivity index (χ3n) is 3.66. The zero-order valence-corrected chi connectivity index (χ0v) is 10.9. The molecule has 0 spiro atoms. The molecule has 5 heteroatoms. The minimum absolute atomic E-state index is 0.148. The van der Waals surface area contributed by atoms with Gasteiger partial charge in [0.05, 0.1) is 5.41 Å². The second-order valence-electron chi connectivity index (χ2n) is 5.04. The molecule has 0 saturated heterocycles. The van der Waals surface area contributed by atoms with Gasteiger partial charge in [-0.05, 0) is 36.6 Å². The van der Waals surface area contributed by atoms with Crippen molar-refractivity contribution in [3.8, 4) is 0 Å². The molecule has 106 valence electrons. The molecule has 0 radical (unpaired) electrons. The molecule has 1 aromatic rings. The highest BCUT2D eigenvalue weighted by atomic mass is 19.1. The van der Waals surface area contributed by atoms with Gasteiger partial charge >= 0.3 is 5.97 Å². The number of hydrogen-bond acceptors (Lipinski definition) is 2. The van der Waals surface area contributed by atoms with E-state index in [1.54, 1.807) is 18.2 Å². The average Bonchev–Trinajstić information content (AvgIpc) is 2.36. The summed E-state index contributed by atoms with van der Waals surface area (Å²) in [5.74, 6) is -1.53. The highest BCUT2D eigenvalue weighted by Crippen LogP contribution is 2.40. The molecule has 1 amide bonds. The zero-order valence-electron chi connectivity index (χ0n) is 10.9. The normalized spacial score (nSPS) is 16.6. The number of benzene rings is 1. The molecule has 1 aromatic carbocycles. The van der Waals surface area contributed by atoms with E-state index >= 15 is 0 Å². The standard InChI is InChI=1S/C15H16FNO3/c16-12-5-2-11(3-6-12)4-7-13(18)17-10-15(14(19)20)8-1-9-15/h2-7H,1,8-10H2,(H,17,18)(H,19,20)/b7-4+. The number of carbonyl (C=O) groups is 2. The molecule has 1 saturated carbocycles. The van der Waals surface area contributed by atoms with E-state index in [0.717, 1.165) is 6.42 Å². The summed E-state index contributed by atoms with van der Waals surface area (Å²) in [4.78, 5) is 22.8. The summed E-state index contributed by atoms with van der Waals surface area (Å²) in [6.07, 6.45) is 4.96. The Morgan fingerprint density at radius 2 is 1.95 bits per heavy atom. The van der Waals surface area contributed by atoms with Crippen molar-refractivity contribution in [1.29, 1.82) is 0 Å². The first-order valence-electron chi connectivity index (χ1n) is 6.47. The predicted octanol–water partition coefficient (Wildman–Crippen LogP) is 2.21. The van der Waals surface area contributed by atoms with E-state index < -0.39 is 11.4 Å². The average molecular weight is 277 g/mol. The summed E-state index contributed by atoms with van der Waals surface area (Å²) < 4.78 is 12.7. The SMILES string of the molecule is O=C(/C=C/c1ccc(F)cc1)NCC1(C(=O)O)CCC1. The van der Waals surface area contributed by atoms with Gasteiger partial charge in [0.1, 0.15) is 5.82 Å². The highest BCUT2D eigenvalue weighted by Gasteiger charge is 2.44. The van der Waals surface area contributed by atoms with Crippen LogP contribution in [0.4, 0.5) is 4.39 Å². The Kier molecular flexibility index (Phi) is 4.17. The smallest absolute Gasteiger partial charge is 0.311 e. The molecule has 1 fully saturated rings. The minimum atomic E-state index is -0.855. The molecule has 2 N–H and O–H groups in total. The fraction of sp³-hybridized carbons (Fsp3) is 0.333. The lowest BCUT2D eigenvalue weighted by Gasteiger charge is -2.37. The number of rotatable bonds is 5. The van der Waals surface area contributed by atoms with Crippen LogP contribution < -0.4 is 5.32 Å². The molecule has 1 aliphatic carbocycles. The minimum Gasteiger partial charge on any atom is -0.481 e. The lowest BCUT2D eigenvalue weighted by Crippen LogP contribution is -2.47. The zero-order chi connectivity index (χ0) is 14.6. The van der Waals surface area contributed by atoms with E-state index in [-0.39, 0.29) is 18.3 Å². The molecule has 20 heavy (non-hydrogen) atoms. The van der Waals surface area contributed by atoms with E-state index in [9.17, 15) is 14.0 Å². The lowest BCUT2D eigenvalue weighted by molar-refractivity contribution is -0.154. The Bertz CT molecular complexity index is 533. The number of amides is 1. The van der Waals surface area contributed by atoms with Crippen LogP contribution in [0.15, 0.2) is 30.3 Å². The van der Waals surface area contributed by atoms with Gasteiger partial charge in [-0.2, -0.15) is 0 Å². The maximum Gasteiger partial charge on any atom is 0.311 e. The second kappa shape index (κ2) is 5.86. The molecule has 0 bridgehead atoms. The van der Waals surface area contributed by atoms with Crippen LogP contribution in [0.25, 0.3) is 6.08 Å². The summed E-state index contributed by atoms with van der Waals surface area (Å²) in [5, 5.41) is 11.7. The van der Waals surface area contributed by atoms with Crippen LogP contribution in [0.1, 0.15) is 24.8 Å². The van der Waals surface area contributed by atoms with Gasteiger partial charge < -0.3 is 10.4 Å². The first kappa shape index (κ1) is 14.2. The summed E-state index contributed by atoms with van der Waals surface area (Å²) >= 11 is 0. The van der Waals surface area contributed by atoms with E-state index in [2.05, 4.69) is 5.32 Å². The summed E-state index contributed by atoms with van der Waals surface area (Å²) in [6, 6.07) is 5.74. The molecule has 0 aromatic heterocycles. The number of carboxylic acid groups (broad SMARTS) is 1. The van der Waals surface area contributed by atoms with Crippen LogP contribution in [0.2, 0.25) is 0 Å². The van der Waals surface area contributed by atoms with Gasteiger partial charge in [-0.15, -0.1) is 0 Å². The first-order valence-corrected chi connectivity index (χ1v) is 6.47. The molecule has 0 atom stereocenters. The quantitative estimate of drug-likeness (QED) is 0.811. The number of carboxylic acids is 1. The van der Waals surface area contributed by atoms with Crippen molar-refractivity contribution >= 4 is 18.0 Å². The Hall–Kier alpha value is -2.17. The predicted molar refractivity (Wildman–Crippen MR) is 72.4 cm³/mol. The van der Waals surface area contributed by atoms with Crippen molar-refractivity contribution in [2.75, 3.05) is 6.54 Å². The fourth-order valence-electron chi connectivity index (χ4n) is 2.13. The summed E-state index contributed by atoms with van der Waals surface area (Å²) in [6.45, 7) is 0.148. The van der Waals surface area contributed by atoms with Crippen molar-refractivity contribution < 1.29 is 19.1 Å². The summed E-state index contributed by atoms with van der Waals surface area (Å²) in [5.41, 5.74) is -0.0857. The number of nitrogens with one attached hydrogen (secondary N) is 1. The molecular formula is C15H16FNO3. The van der Waals surface area contributed by atoms with E-state index in [1.165, 1.54) is 18.2 Å². The van der Waals surface area contributed by atoms with Crippen molar-refractivity contribution in [3.05, 3.63) is 41.7 Å². The number of carbonyl (C=O) groups excluding carboxylic acids is 1. The van der Waals surface area contributed by atoms with Crippen molar-refractivity contribution in [3.63, 3.8) is 0 Å². The molecule has 0 heterocycles. The van der Waals surface area contributed by atoms with Gasteiger partial charge in [0.15, 0.2) is 0 Å². The molecule has 4 nitrogen and oxygen atoms in total. The van der Waals surface area contributed by atoms with Gasteiger partial charge in [0, 0.05) is 12.6 Å². The van der Waals surface area contributed by atoms with E-state index in [1.807, 2.05) is 0 Å². The summed E-state index contributed by atoms with van der Waals surface area (Å²) in [7, 11) is 0. The maximum absolute atomic E-state index is 12.7. The van der Waals surface area contributed by atoms with Gasteiger partial charge in [0.25, 0.3) is 0 Å². The van der Waals surface area contributed by atoms with Crippen LogP contribution >= 0.6 is 0 Å². The van der Waals surface area contributed by atoms with Crippen molar-refractivity contribution in [1.82, 2.24) is 5.32 Å². The molecule has 2 rings (SSSR count). The largest absolute Gasteiger partial charge is 0.481 e. The Morgan fingerprint density at radius 3 is 2.45 bits per heavy atom. The van der Waals surface area contributed by atoms with Gasteiger partial charge in [0.2, 0.25) is 5.91 Å². The van der Waals surface area contributed by atoms with Crippen LogP contribution in [-0.2, 0) is 9.59 Å². The number of hydrogen-bond donors (Lipinski definition) is 2. The third kappa shape index (κ3) is 3.23. The highest BCUT2D eigenvalue weighted by molar-refractivity contribution is 5.92. The van der Waals surface area contributed by atoms with Crippen molar-refractivity contribution in [2.45, 2.75) is 19.3 Å². The molecular weight excluding hydrogens is 261 g/mol. The molecule has 0 unspecified atom stereocenters. The molecule has 1 aliphatic rings. The number of halogens is 1. The molecule has 0 aliphatic heterocycles. The van der Waals surface area contributed by atoms with Crippen LogP contribution in [-0.4, -0.2) is 23.5 Å². The monoisotopic (exact) mass is 277 g/mol. The van der Waals surface area contributed by atoms with Crippen molar-refractivity contribution in [2.24, 2.45) is 5.41 Å². The topological polar surface area (TPSA) is 66.4 Å². The Balaban J connectivity index is 1.86. The van der Waals surface area contributed by atoms with Gasteiger partial charge in [-0.25, -0.2) is 4.39 Å². The Labute approximate surface area is 116 Å².